The van der Waals surface area contributed by atoms with E-state index in [1.54, 1.807) is 24.3 Å². The van der Waals surface area contributed by atoms with Gasteiger partial charge in [0.1, 0.15) is 11.5 Å². The maximum atomic E-state index is 12.6. The molecular formula is C19H23NO6S. The van der Waals surface area contributed by atoms with Gasteiger partial charge in [-0.1, -0.05) is 19.1 Å². The third-order valence-corrected chi connectivity index (χ3v) is 5.29. The van der Waals surface area contributed by atoms with E-state index in [1.165, 1.54) is 31.4 Å². The van der Waals surface area contributed by atoms with Crippen LogP contribution in [0.25, 0.3) is 0 Å². The minimum Gasteiger partial charge on any atom is -0.497 e. The lowest BCUT2D eigenvalue weighted by atomic mass is 10.0. The molecule has 8 heteroatoms. The van der Waals surface area contributed by atoms with Crippen molar-refractivity contribution in [3.05, 3.63) is 54.1 Å². The highest BCUT2D eigenvalue weighted by Gasteiger charge is 2.23. The van der Waals surface area contributed by atoms with Crippen LogP contribution >= 0.6 is 0 Å². The predicted octanol–water partition coefficient (Wildman–Crippen LogP) is 2.98. The van der Waals surface area contributed by atoms with Crippen LogP contribution in [0.4, 0.5) is 0 Å². The van der Waals surface area contributed by atoms with Gasteiger partial charge in [-0.15, -0.1) is 0 Å². The minimum atomic E-state index is -3.90. The fourth-order valence-electron chi connectivity index (χ4n) is 2.43. The van der Waals surface area contributed by atoms with Gasteiger partial charge in [0.2, 0.25) is 10.0 Å². The van der Waals surface area contributed by atoms with Gasteiger partial charge in [-0.25, -0.2) is 13.1 Å². The van der Waals surface area contributed by atoms with Crippen LogP contribution < -0.4 is 14.2 Å². The van der Waals surface area contributed by atoms with Crippen LogP contribution in [0.5, 0.6) is 11.5 Å². The topological polar surface area (TPSA) is 102 Å². The summed E-state index contributed by atoms with van der Waals surface area (Å²) in [6.07, 6.45) is 0.482. The molecule has 0 fully saturated rings. The Morgan fingerprint density at radius 2 is 1.67 bits per heavy atom. The second-order valence-corrected chi connectivity index (χ2v) is 7.58. The van der Waals surface area contributed by atoms with Gasteiger partial charge in [-0.05, 0) is 48.4 Å². The Kier molecular flexibility index (Phi) is 7.20. The third kappa shape index (κ3) is 5.97. The summed E-state index contributed by atoms with van der Waals surface area (Å²) in [5, 5.41) is 9.18. The molecule has 0 aliphatic heterocycles. The molecule has 0 heterocycles. The number of hydrogen-bond donors (Lipinski definition) is 2. The highest BCUT2D eigenvalue weighted by molar-refractivity contribution is 7.89. The monoisotopic (exact) mass is 393 g/mol. The number of carboxylic acids is 1. The highest BCUT2D eigenvalue weighted by Crippen LogP contribution is 2.24. The zero-order chi connectivity index (χ0) is 19.9. The zero-order valence-electron chi connectivity index (χ0n) is 15.2. The number of rotatable bonds is 10. The number of carboxylic acid groups (broad SMARTS) is 1. The Labute approximate surface area is 159 Å². The summed E-state index contributed by atoms with van der Waals surface area (Å²) in [6, 6.07) is 11.7. The van der Waals surface area contributed by atoms with Crippen LogP contribution in [0.1, 0.15) is 31.4 Å². The van der Waals surface area contributed by atoms with Gasteiger partial charge in [-0.3, -0.25) is 4.79 Å². The Balaban J connectivity index is 2.23. The lowest BCUT2D eigenvalue weighted by Crippen LogP contribution is -2.30. The first-order valence-corrected chi connectivity index (χ1v) is 9.95. The SMILES string of the molecule is CCCOc1ccc([C@@H](CC(=O)O)NS(=O)(=O)c2ccc(OC)cc2)cc1. The molecule has 2 aromatic rings. The van der Waals surface area contributed by atoms with Gasteiger partial charge in [0, 0.05) is 0 Å². The average Bonchev–Trinajstić information content (AvgIpc) is 2.65. The molecule has 0 aliphatic rings. The average molecular weight is 393 g/mol. The molecular weight excluding hydrogens is 370 g/mol. The second kappa shape index (κ2) is 9.38. The van der Waals surface area contributed by atoms with Gasteiger partial charge in [-0.2, -0.15) is 0 Å². The molecule has 0 spiro atoms. The smallest absolute Gasteiger partial charge is 0.305 e. The number of carbonyl (C=O) groups is 1. The third-order valence-electron chi connectivity index (χ3n) is 3.80. The van der Waals surface area contributed by atoms with Crippen molar-refractivity contribution in [3.8, 4) is 11.5 Å². The van der Waals surface area contributed by atoms with Gasteiger partial charge >= 0.3 is 5.97 Å². The Morgan fingerprint density at radius 1 is 1.07 bits per heavy atom. The first kappa shape index (κ1) is 20.7. The molecule has 0 bridgehead atoms. The van der Waals surface area contributed by atoms with Crippen molar-refractivity contribution in [3.63, 3.8) is 0 Å². The second-order valence-electron chi connectivity index (χ2n) is 5.86. The molecule has 146 valence electrons. The van der Waals surface area contributed by atoms with Crippen LogP contribution in [0.2, 0.25) is 0 Å². The normalized spacial score (nSPS) is 12.4. The maximum absolute atomic E-state index is 12.6. The summed E-state index contributed by atoms with van der Waals surface area (Å²) < 4.78 is 38.3. The molecule has 2 aromatic carbocycles. The molecule has 0 aromatic heterocycles. The predicted molar refractivity (Wildman–Crippen MR) is 101 cm³/mol. The van der Waals surface area contributed by atoms with Crippen molar-refractivity contribution in [2.75, 3.05) is 13.7 Å². The van der Waals surface area contributed by atoms with Crippen LogP contribution in [0, 0.1) is 0 Å². The van der Waals surface area contributed by atoms with Crippen molar-refractivity contribution in [1.29, 1.82) is 0 Å². The molecule has 0 saturated heterocycles. The molecule has 0 saturated carbocycles. The lowest BCUT2D eigenvalue weighted by molar-refractivity contribution is -0.137. The van der Waals surface area contributed by atoms with E-state index in [9.17, 15) is 18.3 Å². The molecule has 0 amide bonds. The highest BCUT2D eigenvalue weighted by atomic mass is 32.2. The molecule has 1 atom stereocenters. The van der Waals surface area contributed by atoms with E-state index < -0.39 is 22.0 Å². The molecule has 2 N–H and O–H groups in total. The van der Waals surface area contributed by atoms with Crippen LogP contribution in [0.3, 0.4) is 0 Å². The molecule has 7 nitrogen and oxygen atoms in total. The number of hydrogen-bond acceptors (Lipinski definition) is 5. The molecule has 0 radical (unpaired) electrons. The van der Waals surface area contributed by atoms with Crippen LogP contribution in [-0.4, -0.2) is 33.2 Å². The summed E-state index contributed by atoms with van der Waals surface area (Å²) in [6.45, 7) is 2.56. The van der Waals surface area contributed by atoms with E-state index in [0.717, 1.165) is 6.42 Å². The summed E-state index contributed by atoms with van der Waals surface area (Å²) in [5.74, 6) is 0.0649. The number of aliphatic carboxylic acids is 1. The van der Waals surface area contributed by atoms with E-state index >= 15 is 0 Å². The molecule has 27 heavy (non-hydrogen) atoms. The van der Waals surface area contributed by atoms with Gasteiger partial charge < -0.3 is 14.6 Å². The fourth-order valence-corrected chi connectivity index (χ4v) is 3.65. The van der Waals surface area contributed by atoms with Crippen molar-refractivity contribution < 1.29 is 27.8 Å². The number of nitrogens with one attached hydrogen (secondary N) is 1. The largest absolute Gasteiger partial charge is 0.497 e. The first-order valence-electron chi connectivity index (χ1n) is 8.46. The van der Waals surface area contributed by atoms with E-state index in [1.807, 2.05) is 6.92 Å². The number of benzene rings is 2. The van der Waals surface area contributed by atoms with E-state index in [4.69, 9.17) is 9.47 Å². The van der Waals surface area contributed by atoms with Crippen molar-refractivity contribution >= 4 is 16.0 Å². The van der Waals surface area contributed by atoms with Gasteiger partial charge in [0.15, 0.2) is 0 Å². The van der Waals surface area contributed by atoms with Crippen LogP contribution in [0.15, 0.2) is 53.4 Å². The quantitative estimate of drug-likeness (QED) is 0.643. The Hall–Kier alpha value is -2.58. The molecule has 0 aliphatic carbocycles. The summed E-state index contributed by atoms with van der Waals surface area (Å²) in [7, 11) is -2.42. The van der Waals surface area contributed by atoms with Gasteiger partial charge in [0.05, 0.1) is 31.1 Å². The number of methoxy groups -OCH3 is 1. The molecule has 0 unspecified atom stereocenters. The summed E-state index contributed by atoms with van der Waals surface area (Å²) in [5.41, 5.74) is 0.540. The Bertz CT molecular complexity index is 847. The first-order chi connectivity index (χ1) is 12.9. The minimum absolute atomic E-state index is 0.0292. The standard InChI is InChI=1S/C19H23NO6S/c1-3-12-26-16-6-4-14(5-7-16)18(13-19(21)22)20-27(23,24)17-10-8-15(25-2)9-11-17/h4-11,18,20H,3,12-13H2,1-2H3,(H,21,22)/t18-/m1/s1. The van der Waals surface area contributed by atoms with Crippen molar-refractivity contribution in [2.45, 2.75) is 30.7 Å². The molecule has 2 rings (SSSR count). The maximum Gasteiger partial charge on any atom is 0.305 e. The fraction of sp³-hybridized carbons (Fsp3) is 0.316. The van der Waals surface area contributed by atoms with Crippen molar-refractivity contribution in [1.82, 2.24) is 4.72 Å². The summed E-state index contributed by atoms with van der Waals surface area (Å²) >= 11 is 0. The lowest BCUT2D eigenvalue weighted by Gasteiger charge is -2.18. The van der Waals surface area contributed by atoms with Gasteiger partial charge in [0.25, 0.3) is 0 Å². The van der Waals surface area contributed by atoms with Crippen LogP contribution in [-0.2, 0) is 14.8 Å². The number of ether oxygens (including phenoxy) is 2. The number of sulfonamides is 1. The Morgan fingerprint density at radius 3 is 2.19 bits per heavy atom. The van der Waals surface area contributed by atoms with E-state index in [-0.39, 0.29) is 11.3 Å². The van der Waals surface area contributed by atoms with Crippen molar-refractivity contribution in [2.24, 2.45) is 0 Å². The zero-order valence-corrected chi connectivity index (χ0v) is 16.0. The summed E-state index contributed by atoms with van der Waals surface area (Å²) in [4.78, 5) is 11.3. The van der Waals surface area contributed by atoms with E-state index in [0.29, 0.717) is 23.7 Å². The van der Waals surface area contributed by atoms with E-state index in [2.05, 4.69) is 4.72 Å².